The Bertz CT molecular complexity index is 674. The molecule has 1 rings (SSSR count). The van der Waals surface area contributed by atoms with Gasteiger partial charge < -0.3 is 14.2 Å². The summed E-state index contributed by atoms with van der Waals surface area (Å²) >= 11 is 5.83. The van der Waals surface area contributed by atoms with Crippen molar-refractivity contribution in [2.75, 3.05) is 13.2 Å². The summed E-state index contributed by atoms with van der Waals surface area (Å²) < 4.78 is 16.0. The van der Waals surface area contributed by atoms with Gasteiger partial charge in [0.15, 0.2) is 0 Å². The Morgan fingerprint density at radius 2 is 1.41 bits per heavy atom. The first-order valence-electron chi connectivity index (χ1n) is 9.27. The average molecular weight is 428 g/mol. The largest absolute Gasteiger partial charge is 0.494 e. The van der Waals surface area contributed by atoms with E-state index in [1.165, 1.54) is 0 Å². The minimum atomic E-state index is -0.732. The predicted molar refractivity (Wildman–Crippen MR) is 113 cm³/mol. The van der Waals surface area contributed by atoms with E-state index in [1.807, 2.05) is 0 Å². The summed E-state index contributed by atoms with van der Waals surface area (Å²) in [6.07, 6.45) is -0.910. The normalized spacial score (nSPS) is 11.3. The number of nitrogens with zero attached hydrogens (tertiary/aromatic N) is 1. The van der Waals surface area contributed by atoms with Crippen molar-refractivity contribution in [2.45, 2.75) is 59.2 Å². The van der Waals surface area contributed by atoms with Crippen molar-refractivity contribution in [3.63, 3.8) is 0 Å². The highest BCUT2D eigenvalue weighted by Crippen LogP contribution is 2.15. The van der Waals surface area contributed by atoms with Crippen LogP contribution in [-0.2, 0) is 9.47 Å². The molecule has 29 heavy (non-hydrogen) atoms. The molecule has 1 aromatic rings. The zero-order chi connectivity index (χ0) is 22.1. The lowest BCUT2D eigenvalue weighted by molar-refractivity contribution is 0.0545. The molecular weight excluding hydrogens is 398 g/mol. The van der Waals surface area contributed by atoms with Gasteiger partial charge in [0.1, 0.15) is 17.0 Å². The van der Waals surface area contributed by atoms with Crippen LogP contribution in [0.25, 0.3) is 0 Å². The second kappa shape index (κ2) is 10.9. The molecule has 0 saturated carbocycles. The van der Waals surface area contributed by atoms with E-state index in [0.29, 0.717) is 30.3 Å². The number of aliphatic imine (C=N–C) groups is 1. The topological polar surface area (TPSA) is 98.3 Å². The van der Waals surface area contributed by atoms with Crippen LogP contribution in [0.4, 0.5) is 9.59 Å². The molecular formula is C20H30ClN3O5. The number of rotatable bonds is 5. The molecule has 162 valence electrons. The van der Waals surface area contributed by atoms with Crippen LogP contribution in [0.15, 0.2) is 29.3 Å². The zero-order valence-corrected chi connectivity index (χ0v) is 18.6. The van der Waals surface area contributed by atoms with E-state index in [-0.39, 0.29) is 5.96 Å². The van der Waals surface area contributed by atoms with Gasteiger partial charge in [-0.1, -0.05) is 11.6 Å². The van der Waals surface area contributed by atoms with E-state index < -0.39 is 23.4 Å². The van der Waals surface area contributed by atoms with E-state index in [9.17, 15) is 9.59 Å². The van der Waals surface area contributed by atoms with Crippen molar-refractivity contribution in [3.05, 3.63) is 29.3 Å². The minimum absolute atomic E-state index is 0.0556. The maximum atomic E-state index is 12.0. The van der Waals surface area contributed by atoms with Crippen molar-refractivity contribution < 1.29 is 23.8 Å². The Balaban J connectivity index is 2.61. The third kappa shape index (κ3) is 12.6. The molecule has 0 saturated heterocycles. The molecule has 1 aromatic carbocycles. The minimum Gasteiger partial charge on any atom is -0.494 e. The highest BCUT2D eigenvalue weighted by atomic mass is 35.5. The third-order valence-corrected chi connectivity index (χ3v) is 3.15. The van der Waals surface area contributed by atoms with Gasteiger partial charge in [-0.15, -0.1) is 0 Å². The van der Waals surface area contributed by atoms with Gasteiger partial charge in [-0.25, -0.2) is 9.59 Å². The highest BCUT2D eigenvalue weighted by Gasteiger charge is 2.21. The lowest BCUT2D eigenvalue weighted by Crippen LogP contribution is -2.47. The molecule has 0 aromatic heterocycles. The van der Waals surface area contributed by atoms with Gasteiger partial charge in [-0.05, 0) is 65.8 Å². The number of amides is 2. The van der Waals surface area contributed by atoms with Gasteiger partial charge in [-0.3, -0.25) is 15.6 Å². The Morgan fingerprint density at radius 1 is 0.931 bits per heavy atom. The number of hydrogen-bond donors (Lipinski definition) is 2. The SMILES string of the molecule is CC(C)(C)OC(=O)NC(=NCCCOc1ccc(Cl)cc1)NC(=O)OC(C)(C)C. The zero-order valence-electron chi connectivity index (χ0n) is 17.8. The molecule has 0 radical (unpaired) electrons. The summed E-state index contributed by atoms with van der Waals surface area (Å²) in [7, 11) is 0. The summed E-state index contributed by atoms with van der Waals surface area (Å²) in [4.78, 5) is 28.2. The second-order valence-corrected chi connectivity index (χ2v) is 8.58. The van der Waals surface area contributed by atoms with E-state index >= 15 is 0 Å². The molecule has 0 spiro atoms. The lowest BCUT2D eigenvalue weighted by Gasteiger charge is -2.22. The molecule has 2 N–H and O–H groups in total. The molecule has 0 heterocycles. The van der Waals surface area contributed by atoms with E-state index in [4.69, 9.17) is 25.8 Å². The smallest absolute Gasteiger partial charge is 0.414 e. The van der Waals surface area contributed by atoms with Gasteiger partial charge in [0.05, 0.1) is 6.61 Å². The quantitative estimate of drug-likeness (QED) is 0.409. The fourth-order valence-electron chi connectivity index (χ4n) is 1.89. The first kappa shape index (κ1) is 24.6. The first-order chi connectivity index (χ1) is 13.3. The number of hydrogen-bond acceptors (Lipinski definition) is 6. The van der Waals surface area contributed by atoms with Crippen molar-refractivity contribution in [1.82, 2.24) is 10.6 Å². The van der Waals surface area contributed by atoms with Crippen LogP contribution in [0, 0.1) is 0 Å². The van der Waals surface area contributed by atoms with Gasteiger partial charge in [-0.2, -0.15) is 0 Å². The Kier molecular flexibility index (Phi) is 9.23. The molecule has 0 aliphatic heterocycles. The molecule has 0 unspecified atom stereocenters. The molecule has 8 nitrogen and oxygen atoms in total. The monoisotopic (exact) mass is 427 g/mol. The number of nitrogens with one attached hydrogen (secondary N) is 2. The number of carbonyl (C=O) groups excluding carboxylic acids is 2. The van der Waals surface area contributed by atoms with E-state index in [2.05, 4.69) is 15.6 Å². The summed E-state index contributed by atoms with van der Waals surface area (Å²) in [6, 6.07) is 7.02. The molecule has 0 aliphatic rings. The van der Waals surface area contributed by atoms with Crippen molar-refractivity contribution in [1.29, 1.82) is 0 Å². The van der Waals surface area contributed by atoms with Crippen LogP contribution < -0.4 is 15.4 Å². The van der Waals surface area contributed by atoms with Crippen LogP contribution in [-0.4, -0.2) is 42.5 Å². The fraction of sp³-hybridized carbons (Fsp3) is 0.550. The summed E-state index contributed by atoms with van der Waals surface area (Å²) in [5.41, 5.74) is -1.37. The summed E-state index contributed by atoms with van der Waals surface area (Å²) in [5.74, 6) is 0.636. The Morgan fingerprint density at radius 3 is 1.86 bits per heavy atom. The number of ether oxygens (including phenoxy) is 3. The maximum absolute atomic E-state index is 12.0. The Hall–Kier alpha value is -2.48. The number of alkyl carbamates (subject to hydrolysis) is 2. The van der Waals surface area contributed by atoms with Gasteiger partial charge in [0.25, 0.3) is 0 Å². The molecule has 0 atom stereocenters. The maximum Gasteiger partial charge on any atom is 0.414 e. The second-order valence-electron chi connectivity index (χ2n) is 8.14. The number of benzene rings is 1. The van der Waals surface area contributed by atoms with Crippen LogP contribution in [0.1, 0.15) is 48.0 Å². The molecule has 0 aliphatic carbocycles. The fourth-order valence-corrected chi connectivity index (χ4v) is 2.01. The van der Waals surface area contributed by atoms with Gasteiger partial charge >= 0.3 is 12.2 Å². The number of halogens is 1. The average Bonchev–Trinajstić information content (AvgIpc) is 2.52. The molecule has 9 heteroatoms. The van der Waals surface area contributed by atoms with Crippen molar-refractivity contribution >= 4 is 29.7 Å². The lowest BCUT2D eigenvalue weighted by atomic mass is 10.2. The summed E-state index contributed by atoms with van der Waals surface area (Å²) in [5, 5.41) is 5.49. The number of carbonyl (C=O) groups is 2. The van der Waals surface area contributed by atoms with E-state index in [0.717, 1.165) is 0 Å². The molecule has 2 amide bonds. The van der Waals surface area contributed by atoms with Crippen LogP contribution in [0.2, 0.25) is 5.02 Å². The predicted octanol–water partition coefficient (Wildman–Crippen LogP) is 4.51. The van der Waals surface area contributed by atoms with Crippen LogP contribution in [0.3, 0.4) is 0 Å². The third-order valence-electron chi connectivity index (χ3n) is 2.89. The highest BCUT2D eigenvalue weighted by molar-refractivity contribution is 6.30. The first-order valence-corrected chi connectivity index (χ1v) is 9.65. The summed E-state index contributed by atoms with van der Waals surface area (Å²) in [6.45, 7) is 11.1. The van der Waals surface area contributed by atoms with Crippen molar-refractivity contribution in [3.8, 4) is 5.75 Å². The van der Waals surface area contributed by atoms with Crippen LogP contribution >= 0.6 is 11.6 Å². The standard InChI is InChI=1S/C20H30ClN3O5/c1-19(2,3)28-17(25)23-16(24-18(26)29-20(4,5)6)22-12-7-13-27-15-10-8-14(21)9-11-15/h8-11H,7,12-13H2,1-6H3,(H2,22,23,24,25,26). The van der Waals surface area contributed by atoms with Gasteiger partial charge in [0, 0.05) is 18.0 Å². The Labute approximate surface area is 177 Å². The number of guanidine groups is 1. The molecule has 0 fully saturated rings. The van der Waals surface area contributed by atoms with E-state index in [1.54, 1.807) is 65.8 Å². The van der Waals surface area contributed by atoms with Crippen molar-refractivity contribution in [2.24, 2.45) is 4.99 Å². The van der Waals surface area contributed by atoms with Crippen LogP contribution in [0.5, 0.6) is 5.75 Å². The van der Waals surface area contributed by atoms with Gasteiger partial charge in [0.2, 0.25) is 5.96 Å². The molecule has 0 bridgehead atoms.